The molecule has 0 amide bonds. The lowest BCUT2D eigenvalue weighted by Crippen LogP contribution is -2.00. The number of carbonyl (C=O) groups excluding carboxylic acids is 1. The van der Waals surface area contributed by atoms with Crippen LogP contribution in [0.2, 0.25) is 0 Å². The summed E-state index contributed by atoms with van der Waals surface area (Å²) in [6.07, 6.45) is 3.55. The third kappa shape index (κ3) is 4.29. The lowest BCUT2D eigenvalue weighted by atomic mass is 10.2. The van der Waals surface area contributed by atoms with Gasteiger partial charge in [-0.1, -0.05) is 0 Å². The van der Waals surface area contributed by atoms with Crippen molar-refractivity contribution in [3.63, 3.8) is 0 Å². The molecule has 0 radical (unpaired) electrons. The first-order valence-corrected chi connectivity index (χ1v) is 7.90. The summed E-state index contributed by atoms with van der Waals surface area (Å²) in [5.41, 5.74) is -0.683. The number of nitrogens with zero attached hydrogens (tertiary/aromatic N) is 3. The molecule has 2 heterocycles. The minimum absolute atomic E-state index is 0.115. The molecule has 0 saturated carbocycles. The number of carbonyl (C=O) groups is 1. The minimum Gasteiger partial charge on any atom is -0.483 e. The Balaban J connectivity index is 1.65. The van der Waals surface area contributed by atoms with Gasteiger partial charge in [-0.15, -0.1) is 0 Å². The highest BCUT2D eigenvalue weighted by Gasteiger charge is 2.23. The number of nitro groups is 1. The standard InChI is InChI=1S/C18H13F2N3O5/c1-22-9-15(23(25)26)18(21-22)16(24)6-5-12-3-4-13(28-12)10-27-17-7-2-11(19)8-14(17)20/h2-9H,10H2,1H3/b6-5+. The summed E-state index contributed by atoms with van der Waals surface area (Å²) in [6.45, 7) is -0.115. The summed E-state index contributed by atoms with van der Waals surface area (Å²) in [5, 5.41) is 14.7. The van der Waals surface area contributed by atoms with Crippen LogP contribution in [-0.4, -0.2) is 20.5 Å². The van der Waals surface area contributed by atoms with Gasteiger partial charge >= 0.3 is 5.69 Å². The highest BCUT2D eigenvalue weighted by Crippen LogP contribution is 2.21. The van der Waals surface area contributed by atoms with Crippen molar-refractivity contribution in [2.24, 2.45) is 7.05 Å². The molecular formula is C18H13F2N3O5. The molecule has 0 bridgehead atoms. The zero-order valence-electron chi connectivity index (χ0n) is 14.5. The Hall–Kier alpha value is -3.82. The Bertz CT molecular complexity index is 1070. The number of furan rings is 1. The van der Waals surface area contributed by atoms with Crippen molar-refractivity contribution in [3.05, 3.63) is 81.6 Å². The molecule has 144 valence electrons. The largest absolute Gasteiger partial charge is 0.483 e. The molecular weight excluding hydrogens is 376 g/mol. The van der Waals surface area contributed by atoms with E-state index in [-0.39, 0.29) is 23.8 Å². The quantitative estimate of drug-likeness (QED) is 0.264. The first kappa shape index (κ1) is 19.0. The normalized spacial score (nSPS) is 11.1. The molecule has 1 aromatic carbocycles. The van der Waals surface area contributed by atoms with E-state index in [0.717, 1.165) is 24.4 Å². The van der Waals surface area contributed by atoms with Crippen molar-refractivity contribution in [1.29, 1.82) is 0 Å². The van der Waals surface area contributed by atoms with Gasteiger partial charge in [0.1, 0.15) is 30.1 Å². The van der Waals surface area contributed by atoms with Gasteiger partial charge in [-0.25, -0.2) is 8.78 Å². The average molecular weight is 389 g/mol. The van der Waals surface area contributed by atoms with Crippen molar-refractivity contribution in [2.75, 3.05) is 0 Å². The van der Waals surface area contributed by atoms with Crippen molar-refractivity contribution in [1.82, 2.24) is 9.78 Å². The van der Waals surface area contributed by atoms with Crippen LogP contribution in [0.3, 0.4) is 0 Å². The second kappa shape index (κ2) is 7.82. The lowest BCUT2D eigenvalue weighted by Gasteiger charge is -2.05. The molecule has 0 aliphatic rings. The molecule has 8 nitrogen and oxygen atoms in total. The van der Waals surface area contributed by atoms with E-state index in [4.69, 9.17) is 9.15 Å². The predicted molar refractivity (Wildman–Crippen MR) is 92.6 cm³/mol. The van der Waals surface area contributed by atoms with Gasteiger partial charge in [0.05, 0.1) is 4.92 Å². The minimum atomic E-state index is -0.839. The van der Waals surface area contributed by atoms with Crippen LogP contribution in [0, 0.1) is 21.7 Å². The highest BCUT2D eigenvalue weighted by atomic mass is 19.1. The number of rotatable bonds is 7. The van der Waals surface area contributed by atoms with E-state index in [1.54, 1.807) is 6.07 Å². The van der Waals surface area contributed by atoms with Crippen molar-refractivity contribution >= 4 is 17.5 Å². The SMILES string of the molecule is Cn1cc([N+](=O)[O-])c(C(=O)/C=C/c2ccc(COc3ccc(F)cc3F)o2)n1. The molecule has 0 atom stereocenters. The third-order valence-corrected chi connectivity index (χ3v) is 3.58. The fourth-order valence-electron chi connectivity index (χ4n) is 2.32. The number of benzene rings is 1. The van der Waals surface area contributed by atoms with Crippen LogP contribution in [0.15, 0.2) is 47.0 Å². The summed E-state index contributed by atoms with van der Waals surface area (Å²) < 4.78 is 38.2. The monoisotopic (exact) mass is 389 g/mol. The molecule has 0 fully saturated rings. The first-order valence-electron chi connectivity index (χ1n) is 7.90. The van der Waals surface area contributed by atoms with E-state index in [9.17, 15) is 23.7 Å². The predicted octanol–water partition coefficient (Wildman–Crippen LogP) is 3.67. The van der Waals surface area contributed by atoms with Crippen molar-refractivity contribution < 1.29 is 27.7 Å². The summed E-state index contributed by atoms with van der Waals surface area (Å²) in [4.78, 5) is 22.4. The molecule has 2 aromatic heterocycles. The van der Waals surface area contributed by atoms with Crippen molar-refractivity contribution in [2.45, 2.75) is 6.61 Å². The van der Waals surface area contributed by atoms with Gasteiger partial charge in [0.15, 0.2) is 11.6 Å². The zero-order chi connectivity index (χ0) is 20.3. The van der Waals surface area contributed by atoms with Gasteiger partial charge in [-0.3, -0.25) is 19.6 Å². The molecule has 0 unspecified atom stereocenters. The highest BCUT2D eigenvalue weighted by molar-refractivity contribution is 6.07. The molecule has 0 spiro atoms. The first-order chi connectivity index (χ1) is 13.3. The van der Waals surface area contributed by atoms with Crippen LogP contribution in [0.4, 0.5) is 14.5 Å². The number of halogens is 2. The topological polar surface area (TPSA) is 100 Å². The number of hydrogen-bond acceptors (Lipinski definition) is 6. The van der Waals surface area contributed by atoms with Gasteiger partial charge < -0.3 is 9.15 Å². The summed E-state index contributed by atoms with van der Waals surface area (Å²) in [6, 6.07) is 6.02. The van der Waals surface area contributed by atoms with E-state index < -0.39 is 28.0 Å². The van der Waals surface area contributed by atoms with E-state index >= 15 is 0 Å². The number of aromatic nitrogens is 2. The Labute approximate surface area is 156 Å². The third-order valence-electron chi connectivity index (χ3n) is 3.58. The van der Waals surface area contributed by atoms with E-state index in [0.29, 0.717) is 11.8 Å². The molecule has 0 aliphatic carbocycles. The molecule has 0 N–H and O–H groups in total. The number of ketones is 1. The van der Waals surface area contributed by atoms with Crippen LogP contribution >= 0.6 is 0 Å². The lowest BCUT2D eigenvalue weighted by molar-refractivity contribution is -0.385. The Kier molecular flexibility index (Phi) is 5.30. The maximum Gasteiger partial charge on any atom is 0.318 e. The van der Waals surface area contributed by atoms with Crippen LogP contribution in [-0.2, 0) is 13.7 Å². The van der Waals surface area contributed by atoms with Gasteiger partial charge in [0.2, 0.25) is 11.5 Å². The van der Waals surface area contributed by atoms with E-state index in [1.807, 2.05) is 0 Å². The average Bonchev–Trinajstić information content (AvgIpc) is 3.25. The van der Waals surface area contributed by atoms with Gasteiger partial charge in [-0.05, 0) is 36.4 Å². The smallest absolute Gasteiger partial charge is 0.318 e. The van der Waals surface area contributed by atoms with E-state index in [1.165, 1.54) is 23.9 Å². The van der Waals surface area contributed by atoms with E-state index in [2.05, 4.69) is 5.10 Å². The number of hydrogen-bond donors (Lipinski definition) is 0. The zero-order valence-corrected chi connectivity index (χ0v) is 14.5. The van der Waals surface area contributed by atoms with Crippen LogP contribution in [0.25, 0.3) is 6.08 Å². The van der Waals surface area contributed by atoms with Crippen LogP contribution < -0.4 is 4.74 Å². The maximum absolute atomic E-state index is 13.5. The fourth-order valence-corrected chi connectivity index (χ4v) is 2.32. The number of aryl methyl sites for hydroxylation is 1. The number of allylic oxidation sites excluding steroid dienone is 1. The molecule has 0 saturated heterocycles. The van der Waals surface area contributed by atoms with Crippen molar-refractivity contribution in [3.8, 4) is 5.75 Å². The van der Waals surface area contributed by atoms with Crippen LogP contribution in [0.1, 0.15) is 22.0 Å². The van der Waals surface area contributed by atoms with Gasteiger partial charge in [-0.2, -0.15) is 5.10 Å². The van der Waals surface area contributed by atoms with Crippen LogP contribution in [0.5, 0.6) is 5.75 Å². The maximum atomic E-state index is 13.5. The molecule has 3 aromatic rings. The molecule has 3 rings (SSSR count). The van der Waals surface area contributed by atoms with Gasteiger partial charge in [0.25, 0.3) is 0 Å². The second-order valence-corrected chi connectivity index (χ2v) is 5.66. The van der Waals surface area contributed by atoms with Gasteiger partial charge in [0, 0.05) is 13.1 Å². The molecule has 0 aliphatic heterocycles. The Morgan fingerprint density at radius 1 is 1.36 bits per heavy atom. The molecule has 10 heteroatoms. The summed E-state index contributed by atoms with van der Waals surface area (Å²) in [5.74, 6) is -1.73. The fraction of sp³-hybridized carbons (Fsp3) is 0.111. The summed E-state index contributed by atoms with van der Waals surface area (Å²) >= 11 is 0. The summed E-state index contributed by atoms with van der Waals surface area (Å²) in [7, 11) is 1.47. The number of ether oxygens (including phenoxy) is 1. The molecule has 28 heavy (non-hydrogen) atoms. The Morgan fingerprint density at radius 3 is 2.86 bits per heavy atom. The Morgan fingerprint density at radius 2 is 2.14 bits per heavy atom. The second-order valence-electron chi connectivity index (χ2n) is 5.66.